The summed E-state index contributed by atoms with van der Waals surface area (Å²) in [7, 11) is 0. The van der Waals surface area contributed by atoms with Gasteiger partial charge in [-0.1, -0.05) is 6.07 Å². The molecule has 1 unspecified atom stereocenters. The number of pyridine rings is 1. The van der Waals surface area contributed by atoms with Crippen LogP contribution in [0.3, 0.4) is 0 Å². The Morgan fingerprint density at radius 2 is 2.44 bits per heavy atom. The van der Waals surface area contributed by atoms with Crippen LogP contribution in [0.2, 0.25) is 0 Å². The van der Waals surface area contributed by atoms with Gasteiger partial charge in [0.15, 0.2) is 0 Å². The Hall–Kier alpha value is -0.960. The molecule has 2 aromatic heterocycles. The van der Waals surface area contributed by atoms with Gasteiger partial charge in [0, 0.05) is 17.9 Å². The lowest BCUT2D eigenvalue weighted by Gasteiger charge is -2.07. The van der Waals surface area contributed by atoms with E-state index in [2.05, 4.69) is 46.4 Å². The van der Waals surface area contributed by atoms with Crippen LogP contribution >= 0.6 is 11.8 Å². The smallest absolute Gasteiger partial charge is 0.114 e. The van der Waals surface area contributed by atoms with Crippen LogP contribution in [0.15, 0.2) is 24.5 Å². The summed E-state index contributed by atoms with van der Waals surface area (Å²) in [6.45, 7) is 2.13. The monoisotopic (exact) mass is 232 g/mol. The van der Waals surface area contributed by atoms with Crippen molar-refractivity contribution in [3.63, 3.8) is 0 Å². The first-order chi connectivity index (χ1) is 7.83. The first-order valence-corrected chi connectivity index (χ1v) is 6.92. The lowest BCUT2D eigenvalue weighted by atomic mass is 10.2. The highest BCUT2D eigenvalue weighted by Crippen LogP contribution is 2.28. The van der Waals surface area contributed by atoms with E-state index in [1.165, 1.54) is 35.5 Å². The second-order valence-electron chi connectivity index (χ2n) is 4.51. The maximum atomic E-state index is 4.55. The quantitative estimate of drug-likeness (QED) is 0.791. The molecule has 0 aromatic carbocycles. The summed E-state index contributed by atoms with van der Waals surface area (Å²) in [6.07, 6.45) is 8.01. The second-order valence-corrected chi connectivity index (χ2v) is 5.92. The topological polar surface area (TPSA) is 17.3 Å². The zero-order valence-corrected chi connectivity index (χ0v) is 10.3. The average Bonchev–Trinajstić information content (AvgIpc) is 2.90. The highest BCUT2D eigenvalue weighted by Gasteiger charge is 2.18. The Bertz CT molecular complexity index is 498. The normalized spacial score (nSPS) is 20.7. The van der Waals surface area contributed by atoms with Crippen molar-refractivity contribution >= 4 is 17.3 Å². The molecule has 1 fully saturated rings. The largest absolute Gasteiger partial charge is 0.303 e. The van der Waals surface area contributed by atoms with Crippen molar-refractivity contribution in [2.45, 2.75) is 31.4 Å². The Morgan fingerprint density at radius 1 is 1.50 bits per heavy atom. The average molecular weight is 232 g/mol. The van der Waals surface area contributed by atoms with Crippen molar-refractivity contribution < 1.29 is 0 Å². The third-order valence-electron chi connectivity index (χ3n) is 3.19. The number of aryl methyl sites for hydroxylation is 1. The summed E-state index contributed by atoms with van der Waals surface area (Å²) in [5, 5.41) is 0.783. The summed E-state index contributed by atoms with van der Waals surface area (Å²) in [5.41, 5.74) is 2.51. The Balaban J connectivity index is 1.93. The molecule has 1 saturated heterocycles. The SMILES string of the molecule is Cc1ccc2cnc(CC3CCCS3)n2c1. The van der Waals surface area contributed by atoms with Crippen molar-refractivity contribution in [1.82, 2.24) is 9.38 Å². The molecule has 1 atom stereocenters. The second kappa shape index (κ2) is 4.13. The zero-order valence-electron chi connectivity index (χ0n) is 9.52. The van der Waals surface area contributed by atoms with Crippen LogP contribution in [0.5, 0.6) is 0 Å². The van der Waals surface area contributed by atoms with Crippen molar-refractivity contribution in [1.29, 1.82) is 0 Å². The fourth-order valence-electron chi connectivity index (χ4n) is 2.31. The number of nitrogens with zero attached hydrogens (tertiary/aromatic N) is 2. The van der Waals surface area contributed by atoms with Crippen molar-refractivity contribution in [3.05, 3.63) is 35.9 Å². The van der Waals surface area contributed by atoms with Crippen LogP contribution in [0.25, 0.3) is 5.52 Å². The molecule has 1 aliphatic heterocycles. The summed E-state index contributed by atoms with van der Waals surface area (Å²) < 4.78 is 2.24. The molecule has 0 spiro atoms. The van der Waals surface area contributed by atoms with Crippen molar-refractivity contribution in [2.75, 3.05) is 5.75 Å². The molecule has 84 valence electrons. The molecule has 3 heterocycles. The molecule has 0 radical (unpaired) electrons. The fraction of sp³-hybridized carbons (Fsp3) is 0.462. The maximum absolute atomic E-state index is 4.55. The van der Waals surface area contributed by atoms with Crippen LogP contribution in [0.1, 0.15) is 24.2 Å². The van der Waals surface area contributed by atoms with Crippen molar-refractivity contribution in [3.8, 4) is 0 Å². The van der Waals surface area contributed by atoms with Gasteiger partial charge in [-0.05, 0) is 37.1 Å². The number of rotatable bonds is 2. The predicted octanol–water partition coefficient (Wildman–Crippen LogP) is 3.08. The van der Waals surface area contributed by atoms with E-state index in [0.29, 0.717) is 0 Å². The molecule has 2 nitrogen and oxygen atoms in total. The van der Waals surface area contributed by atoms with E-state index in [1.54, 1.807) is 0 Å². The number of hydrogen-bond donors (Lipinski definition) is 0. The van der Waals surface area contributed by atoms with Crippen LogP contribution in [-0.4, -0.2) is 20.4 Å². The third kappa shape index (κ3) is 1.84. The molecule has 0 N–H and O–H groups in total. The molecule has 1 aliphatic rings. The minimum absolute atomic E-state index is 0.783. The van der Waals surface area contributed by atoms with E-state index in [-0.39, 0.29) is 0 Å². The van der Waals surface area contributed by atoms with Gasteiger partial charge >= 0.3 is 0 Å². The summed E-state index contributed by atoms with van der Waals surface area (Å²) in [4.78, 5) is 4.55. The molecular formula is C13H16N2S. The molecule has 3 rings (SSSR count). The molecule has 0 amide bonds. The highest BCUT2D eigenvalue weighted by atomic mass is 32.2. The fourth-order valence-corrected chi connectivity index (χ4v) is 3.58. The van der Waals surface area contributed by atoms with Gasteiger partial charge in [-0.15, -0.1) is 0 Å². The molecule has 2 aromatic rings. The number of aromatic nitrogens is 2. The van der Waals surface area contributed by atoms with Gasteiger partial charge in [-0.25, -0.2) is 4.98 Å². The molecule has 0 aliphatic carbocycles. The van der Waals surface area contributed by atoms with Gasteiger partial charge in [0.1, 0.15) is 5.82 Å². The number of thioether (sulfide) groups is 1. The minimum Gasteiger partial charge on any atom is -0.303 e. The molecular weight excluding hydrogens is 216 g/mol. The summed E-state index contributed by atoms with van der Waals surface area (Å²) in [5.74, 6) is 2.55. The van der Waals surface area contributed by atoms with E-state index < -0.39 is 0 Å². The highest BCUT2D eigenvalue weighted by molar-refractivity contribution is 8.00. The van der Waals surface area contributed by atoms with Gasteiger partial charge in [0.2, 0.25) is 0 Å². The predicted molar refractivity (Wildman–Crippen MR) is 69.1 cm³/mol. The first kappa shape index (κ1) is 10.2. The molecule has 3 heteroatoms. The number of imidazole rings is 1. The van der Waals surface area contributed by atoms with Gasteiger partial charge in [-0.3, -0.25) is 0 Å². The lowest BCUT2D eigenvalue weighted by Crippen LogP contribution is -2.06. The van der Waals surface area contributed by atoms with Crippen LogP contribution in [0, 0.1) is 6.92 Å². The standard InChI is InChI=1S/C13H16N2S/c1-10-4-5-11-8-14-13(15(11)9-10)7-12-3-2-6-16-12/h4-5,8-9,12H,2-3,6-7H2,1H3. The van der Waals surface area contributed by atoms with E-state index in [4.69, 9.17) is 0 Å². The van der Waals surface area contributed by atoms with Crippen LogP contribution < -0.4 is 0 Å². The Labute approximate surface area is 100 Å². The van der Waals surface area contributed by atoms with E-state index >= 15 is 0 Å². The number of fused-ring (bicyclic) bond motifs is 1. The van der Waals surface area contributed by atoms with Crippen LogP contribution in [0.4, 0.5) is 0 Å². The molecule has 16 heavy (non-hydrogen) atoms. The lowest BCUT2D eigenvalue weighted by molar-refractivity contribution is 0.742. The zero-order chi connectivity index (χ0) is 11.0. The minimum atomic E-state index is 0.783. The maximum Gasteiger partial charge on any atom is 0.114 e. The Kier molecular flexibility index (Phi) is 2.64. The van der Waals surface area contributed by atoms with Gasteiger partial charge in [-0.2, -0.15) is 11.8 Å². The molecule has 0 saturated carbocycles. The van der Waals surface area contributed by atoms with Crippen molar-refractivity contribution in [2.24, 2.45) is 0 Å². The van der Waals surface area contributed by atoms with Gasteiger partial charge in [0.25, 0.3) is 0 Å². The van der Waals surface area contributed by atoms with Crippen LogP contribution in [-0.2, 0) is 6.42 Å². The molecule has 0 bridgehead atoms. The summed E-state index contributed by atoms with van der Waals surface area (Å²) in [6, 6.07) is 4.29. The van der Waals surface area contributed by atoms with Gasteiger partial charge in [0.05, 0.1) is 11.7 Å². The van der Waals surface area contributed by atoms with E-state index in [1.807, 2.05) is 6.20 Å². The van der Waals surface area contributed by atoms with Gasteiger partial charge < -0.3 is 4.40 Å². The van der Waals surface area contributed by atoms with E-state index in [0.717, 1.165) is 11.7 Å². The Morgan fingerprint density at radius 3 is 3.25 bits per heavy atom. The third-order valence-corrected chi connectivity index (χ3v) is 4.58. The summed E-state index contributed by atoms with van der Waals surface area (Å²) >= 11 is 2.10. The first-order valence-electron chi connectivity index (χ1n) is 5.87. The van der Waals surface area contributed by atoms with E-state index in [9.17, 15) is 0 Å². The number of hydrogen-bond acceptors (Lipinski definition) is 2.